The summed E-state index contributed by atoms with van der Waals surface area (Å²) in [5, 5.41) is 3.41. The minimum Gasteiger partial charge on any atom is -0.377 e. The van der Waals surface area contributed by atoms with Crippen LogP contribution in [-0.4, -0.2) is 20.5 Å². The third-order valence-electron chi connectivity index (χ3n) is 4.49. The average molecular weight is 359 g/mol. The highest BCUT2D eigenvalue weighted by Gasteiger charge is 2.36. The first kappa shape index (κ1) is 17.8. The van der Waals surface area contributed by atoms with Gasteiger partial charge in [0.05, 0.1) is 28.4 Å². The predicted octanol–water partition coefficient (Wildman–Crippen LogP) is 4.38. The van der Waals surface area contributed by atoms with Crippen molar-refractivity contribution >= 4 is 21.4 Å². The van der Waals surface area contributed by atoms with Gasteiger partial charge in [-0.1, -0.05) is 45.0 Å². The van der Waals surface area contributed by atoms with Crippen molar-refractivity contribution in [3.63, 3.8) is 0 Å². The fraction of sp³-hybridized carbons (Fsp3) is 0.400. The van der Waals surface area contributed by atoms with E-state index in [-0.39, 0.29) is 11.0 Å². The highest BCUT2D eigenvalue weighted by Crippen LogP contribution is 2.37. The van der Waals surface area contributed by atoms with E-state index in [1.165, 1.54) is 4.31 Å². The molecule has 25 heavy (non-hydrogen) atoms. The van der Waals surface area contributed by atoms with E-state index < -0.39 is 10.0 Å². The second kappa shape index (κ2) is 5.77. The number of sulfonamides is 1. The first-order chi connectivity index (χ1) is 11.5. The molecule has 4 nitrogen and oxygen atoms in total. The molecule has 1 N–H and O–H groups in total. The summed E-state index contributed by atoms with van der Waals surface area (Å²) >= 11 is 0. The summed E-state index contributed by atoms with van der Waals surface area (Å²) in [6.45, 7) is 10.7. The third kappa shape index (κ3) is 3.38. The highest BCUT2D eigenvalue weighted by atomic mass is 32.2. The molecule has 134 valence electrons. The minimum atomic E-state index is -3.62. The number of para-hydroxylation sites is 2. The predicted molar refractivity (Wildman–Crippen MR) is 104 cm³/mol. The van der Waals surface area contributed by atoms with Gasteiger partial charge in [-0.05, 0) is 49.1 Å². The van der Waals surface area contributed by atoms with E-state index in [1.807, 2.05) is 50.2 Å². The van der Waals surface area contributed by atoms with Gasteiger partial charge in [-0.2, -0.15) is 0 Å². The van der Waals surface area contributed by atoms with Gasteiger partial charge in [-0.3, -0.25) is 4.31 Å². The lowest BCUT2D eigenvalue weighted by atomic mass is 9.87. The van der Waals surface area contributed by atoms with E-state index in [0.717, 1.165) is 11.3 Å². The zero-order valence-corrected chi connectivity index (χ0v) is 16.3. The molecular formula is C20H26N2O2S. The van der Waals surface area contributed by atoms with E-state index in [2.05, 4.69) is 26.1 Å². The van der Waals surface area contributed by atoms with Gasteiger partial charge >= 0.3 is 0 Å². The summed E-state index contributed by atoms with van der Waals surface area (Å²) in [6.07, 6.45) is 0. The average Bonchev–Trinajstić information content (AvgIpc) is 2.52. The molecule has 1 heterocycles. The van der Waals surface area contributed by atoms with Gasteiger partial charge in [-0.25, -0.2) is 8.42 Å². The number of fused-ring (bicyclic) bond motifs is 1. The van der Waals surface area contributed by atoms with Crippen molar-refractivity contribution in [2.45, 2.75) is 50.5 Å². The Morgan fingerprint density at radius 2 is 1.60 bits per heavy atom. The van der Waals surface area contributed by atoms with Crippen molar-refractivity contribution in [1.29, 1.82) is 0 Å². The molecule has 0 amide bonds. The van der Waals surface area contributed by atoms with Crippen LogP contribution in [0.2, 0.25) is 0 Å². The van der Waals surface area contributed by atoms with E-state index in [1.54, 1.807) is 12.1 Å². The standard InChI is InChI=1S/C20H26N2O2S/c1-19(2,3)15-10-12-16(13-11-15)25(23,24)22-14-20(4,5)21-17-8-6-7-9-18(17)22/h6-13,21H,14H2,1-5H3. The number of nitrogens with zero attached hydrogens (tertiary/aromatic N) is 1. The van der Waals surface area contributed by atoms with Gasteiger partial charge in [-0.15, -0.1) is 0 Å². The normalized spacial score (nSPS) is 16.9. The van der Waals surface area contributed by atoms with E-state index in [9.17, 15) is 8.42 Å². The van der Waals surface area contributed by atoms with E-state index in [4.69, 9.17) is 0 Å². The topological polar surface area (TPSA) is 49.4 Å². The zero-order chi connectivity index (χ0) is 18.5. The number of hydrogen-bond acceptors (Lipinski definition) is 3. The molecule has 0 aliphatic carbocycles. The summed E-state index contributed by atoms with van der Waals surface area (Å²) in [7, 11) is -3.62. The molecule has 0 bridgehead atoms. The highest BCUT2D eigenvalue weighted by molar-refractivity contribution is 7.92. The van der Waals surface area contributed by atoms with Gasteiger partial charge in [0.1, 0.15) is 0 Å². The number of nitrogens with one attached hydrogen (secondary N) is 1. The molecule has 3 rings (SSSR count). The van der Waals surface area contributed by atoms with Crippen LogP contribution in [0.5, 0.6) is 0 Å². The second-order valence-corrected chi connectivity index (χ2v) is 10.2. The molecule has 0 fully saturated rings. The van der Waals surface area contributed by atoms with Crippen molar-refractivity contribution in [3.8, 4) is 0 Å². The largest absolute Gasteiger partial charge is 0.377 e. The van der Waals surface area contributed by atoms with Crippen LogP contribution in [0.4, 0.5) is 11.4 Å². The Kier molecular flexibility index (Phi) is 4.11. The monoisotopic (exact) mass is 358 g/mol. The molecular weight excluding hydrogens is 332 g/mol. The van der Waals surface area contributed by atoms with E-state index in [0.29, 0.717) is 17.1 Å². The van der Waals surface area contributed by atoms with E-state index >= 15 is 0 Å². The van der Waals surface area contributed by atoms with Crippen LogP contribution in [0.1, 0.15) is 40.2 Å². The quantitative estimate of drug-likeness (QED) is 0.866. The Labute approximate surface area is 150 Å². The third-order valence-corrected chi connectivity index (χ3v) is 6.27. The Morgan fingerprint density at radius 1 is 1.00 bits per heavy atom. The molecule has 1 aliphatic heterocycles. The van der Waals surface area contributed by atoms with Crippen LogP contribution in [0.15, 0.2) is 53.4 Å². The minimum absolute atomic E-state index is 0.00801. The maximum atomic E-state index is 13.3. The SMILES string of the molecule is CC1(C)CN(S(=O)(=O)c2ccc(C(C)(C)C)cc2)c2ccccc2N1. The molecule has 2 aromatic rings. The van der Waals surface area contributed by atoms with Crippen LogP contribution in [-0.2, 0) is 15.4 Å². The Balaban J connectivity index is 2.05. The molecule has 0 atom stereocenters. The van der Waals surface area contributed by atoms with Gasteiger partial charge < -0.3 is 5.32 Å². The number of benzene rings is 2. The van der Waals surface area contributed by atoms with Gasteiger partial charge in [0.25, 0.3) is 10.0 Å². The lowest BCUT2D eigenvalue weighted by Crippen LogP contribution is -2.50. The van der Waals surface area contributed by atoms with Crippen molar-refractivity contribution in [2.24, 2.45) is 0 Å². The van der Waals surface area contributed by atoms with Crippen molar-refractivity contribution in [1.82, 2.24) is 0 Å². The molecule has 1 aliphatic rings. The first-order valence-corrected chi connectivity index (χ1v) is 9.95. The molecule has 0 saturated heterocycles. The molecule has 0 saturated carbocycles. The van der Waals surface area contributed by atoms with Crippen LogP contribution >= 0.6 is 0 Å². The summed E-state index contributed by atoms with van der Waals surface area (Å²) in [5.74, 6) is 0. The van der Waals surface area contributed by atoms with Crippen LogP contribution in [0.3, 0.4) is 0 Å². The van der Waals surface area contributed by atoms with Gasteiger partial charge in [0, 0.05) is 0 Å². The smallest absolute Gasteiger partial charge is 0.264 e. The fourth-order valence-corrected chi connectivity index (χ4v) is 4.76. The Bertz CT molecular complexity index is 879. The van der Waals surface area contributed by atoms with Crippen molar-refractivity contribution in [3.05, 3.63) is 54.1 Å². The molecule has 0 spiro atoms. The Morgan fingerprint density at radius 3 is 2.20 bits per heavy atom. The second-order valence-electron chi connectivity index (χ2n) is 8.31. The van der Waals surface area contributed by atoms with Crippen molar-refractivity contribution < 1.29 is 8.42 Å². The molecule has 0 radical (unpaired) electrons. The maximum Gasteiger partial charge on any atom is 0.264 e. The summed E-state index contributed by atoms with van der Waals surface area (Å²) in [5.41, 5.74) is 2.31. The molecule has 5 heteroatoms. The molecule has 0 unspecified atom stereocenters. The fourth-order valence-electron chi connectivity index (χ4n) is 3.11. The van der Waals surface area contributed by atoms with Crippen LogP contribution in [0.25, 0.3) is 0 Å². The van der Waals surface area contributed by atoms with Crippen LogP contribution in [0, 0.1) is 0 Å². The lowest BCUT2D eigenvalue weighted by molar-refractivity contribution is 0.543. The molecule has 2 aromatic carbocycles. The van der Waals surface area contributed by atoms with Gasteiger partial charge in [0.2, 0.25) is 0 Å². The zero-order valence-electron chi connectivity index (χ0n) is 15.5. The summed E-state index contributed by atoms with van der Waals surface area (Å²) in [6, 6.07) is 14.8. The summed E-state index contributed by atoms with van der Waals surface area (Å²) in [4.78, 5) is 0.327. The lowest BCUT2D eigenvalue weighted by Gasteiger charge is -2.41. The number of rotatable bonds is 2. The van der Waals surface area contributed by atoms with Gasteiger partial charge in [0.15, 0.2) is 0 Å². The number of hydrogen-bond donors (Lipinski definition) is 1. The maximum absolute atomic E-state index is 13.3. The summed E-state index contributed by atoms with van der Waals surface area (Å²) < 4.78 is 28.1. The Hall–Kier alpha value is -2.01. The molecule has 0 aromatic heterocycles. The van der Waals surface area contributed by atoms with Crippen LogP contribution < -0.4 is 9.62 Å². The first-order valence-electron chi connectivity index (χ1n) is 8.51. The number of anilines is 2. The van der Waals surface area contributed by atoms with Crippen molar-refractivity contribution in [2.75, 3.05) is 16.2 Å².